The first-order valence-corrected chi connectivity index (χ1v) is 5.90. The van der Waals surface area contributed by atoms with Crippen LogP contribution in [0.4, 0.5) is 0 Å². The summed E-state index contributed by atoms with van der Waals surface area (Å²) in [7, 11) is 3.28. The summed E-state index contributed by atoms with van der Waals surface area (Å²) in [5, 5.41) is 9.76. The molecule has 100 valence electrons. The Balaban J connectivity index is 2.81. The third-order valence-electron chi connectivity index (χ3n) is 2.52. The van der Waals surface area contributed by atoms with Crippen LogP contribution in [0.3, 0.4) is 0 Å². The first kappa shape index (κ1) is 14.7. The Kier molecular flexibility index (Phi) is 4.87. The monoisotopic (exact) mass is 251 g/mol. The number of carbonyl (C=O) groups excluding carboxylic acids is 1. The second-order valence-electron chi connectivity index (χ2n) is 5.13. The Hall–Kier alpha value is -1.39. The van der Waals surface area contributed by atoms with E-state index >= 15 is 0 Å². The van der Waals surface area contributed by atoms with Gasteiger partial charge in [-0.25, -0.2) is 4.79 Å². The lowest BCUT2D eigenvalue weighted by atomic mass is 10.1. The molecule has 0 spiro atoms. The number of nitrogens with zero attached hydrogens (tertiary/aromatic N) is 1. The molecular weight excluding hydrogens is 230 g/mol. The number of carbonyl (C=O) groups is 1. The summed E-state index contributed by atoms with van der Waals surface area (Å²) >= 11 is 0. The van der Waals surface area contributed by atoms with Gasteiger partial charge in [-0.05, 0) is 32.5 Å². The van der Waals surface area contributed by atoms with Crippen molar-refractivity contribution in [3.63, 3.8) is 0 Å². The summed E-state index contributed by atoms with van der Waals surface area (Å²) in [6, 6.07) is 7.34. The van der Waals surface area contributed by atoms with Gasteiger partial charge >= 0.3 is 5.97 Å². The van der Waals surface area contributed by atoms with E-state index in [1.54, 1.807) is 19.9 Å². The molecule has 0 saturated carbocycles. The first-order valence-electron chi connectivity index (χ1n) is 5.90. The largest absolute Gasteiger partial charge is 0.465 e. The molecule has 0 heterocycles. The standard InChI is InChI=1S/C14H21NO3/c1-14(2,17)10-15(3)9-11-7-5-6-8-12(11)13(16)18-4/h5-8,17H,9-10H2,1-4H3. The van der Waals surface area contributed by atoms with Gasteiger partial charge in [-0.2, -0.15) is 0 Å². The van der Waals surface area contributed by atoms with E-state index in [1.807, 2.05) is 30.1 Å². The van der Waals surface area contributed by atoms with Crippen molar-refractivity contribution >= 4 is 5.97 Å². The fourth-order valence-corrected chi connectivity index (χ4v) is 1.97. The van der Waals surface area contributed by atoms with Crippen LogP contribution in [0.15, 0.2) is 24.3 Å². The Labute approximate surface area is 108 Å². The van der Waals surface area contributed by atoms with Crippen LogP contribution in [-0.4, -0.2) is 42.3 Å². The lowest BCUT2D eigenvalue weighted by Crippen LogP contribution is -2.36. The normalized spacial score (nSPS) is 11.7. The summed E-state index contributed by atoms with van der Waals surface area (Å²) in [6.07, 6.45) is 0. The van der Waals surface area contributed by atoms with Crippen molar-refractivity contribution in [3.8, 4) is 0 Å². The summed E-state index contributed by atoms with van der Waals surface area (Å²) in [6.45, 7) is 4.64. The van der Waals surface area contributed by atoms with Crippen LogP contribution in [0.2, 0.25) is 0 Å². The average molecular weight is 251 g/mol. The minimum Gasteiger partial charge on any atom is -0.465 e. The fraction of sp³-hybridized carbons (Fsp3) is 0.500. The Morgan fingerprint density at radius 3 is 2.56 bits per heavy atom. The highest BCUT2D eigenvalue weighted by Crippen LogP contribution is 2.14. The molecule has 0 aromatic heterocycles. The fourth-order valence-electron chi connectivity index (χ4n) is 1.97. The molecule has 1 rings (SSSR count). The van der Waals surface area contributed by atoms with Crippen molar-refractivity contribution in [1.82, 2.24) is 4.90 Å². The molecule has 0 aliphatic heterocycles. The topological polar surface area (TPSA) is 49.8 Å². The molecule has 18 heavy (non-hydrogen) atoms. The summed E-state index contributed by atoms with van der Waals surface area (Å²) in [5.74, 6) is -0.331. The third-order valence-corrected chi connectivity index (χ3v) is 2.52. The van der Waals surface area contributed by atoms with Crippen LogP contribution in [0.1, 0.15) is 29.8 Å². The highest BCUT2D eigenvalue weighted by Gasteiger charge is 2.18. The zero-order valence-corrected chi connectivity index (χ0v) is 11.4. The number of esters is 1. The predicted molar refractivity (Wildman–Crippen MR) is 70.4 cm³/mol. The highest BCUT2D eigenvalue weighted by molar-refractivity contribution is 5.90. The first-order chi connectivity index (χ1) is 8.33. The van der Waals surface area contributed by atoms with Gasteiger partial charge in [0.2, 0.25) is 0 Å². The van der Waals surface area contributed by atoms with Crippen molar-refractivity contribution < 1.29 is 14.6 Å². The molecule has 0 atom stereocenters. The van der Waals surface area contributed by atoms with Crippen LogP contribution in [0, 0.1) is 0 Å². The summed E-state index contributed by atoms with van der Waals surface area (Å²) < 4.78 is 4.75. The van der Waals surface area contributed by atoms with Crippen LogP contribution in [-0.2, 0) is 11.3 Å². The van der Waals surface area contributed by atoms with E-state index in [2.05, 4.69) is 0 Å². The zero-order chi connectivity index (χ0) is 13.8. The maximum atomic E-state index is 11.6. The van der Waals surface area contributed by atoms with Crippen LogP contribution in [0.5, 0.6) is 0 Å². The molecule has 1 aromatic rings. The predicted octanol–water partition coefficient (Wildman–Crippen LogP) is 1.68. The maximum absolute atomic E-state index is 11.6. The second-order valence-corrected chi connectivity index (χ2v) is 5.13. The number of likely N-dealkylation sites (N-methyl/N-ethyl adjacent to an activating group) is 1. The molecule has 4 nitrogen and oxygen atoms in total. The number of hydrogen-bond acceptors (Lipinski definition) is 4. The molecule has 0 amide bonds. The van der Waals surface area contributed by atoms with E-state index < -0.39 is 5.60 Å². The zero-order valence-electron chi connectivity index (χ0n) is 11.4. The van der Waals surface area contributed by atoms with Gasteiger partial charge in [0.1, 0.15) is 0 Å². The van der Waals surface area contributed by atoms with E-state index in [1.165, 1.54) is 7.11 Å². The SMILES string of the molecule is COC(=O)c1ccccc1CN(C)CC(C)(C)O. The molecule has 1 N–H and O–H groups in total. The molecular formula is C14H21NO3. The number of hydrogen-bond donors (Lipinski definition) is 1. The van der Waals surface area contributed by atoms with Crippen molar-refractivity contribution in [1.29, 1.82) is 0 Å². The van der Waals surface area contributed by atoms with Crippen molar-refractivity contribution in [2.45, 2.75) is 26.0 Å². The molecule has 0 bridgehead atoms. The minimum atomic E-state index is -0.755. The van der Waals surface area contributed by atoms with Gasteiger partial charge in [-0.1, -0.05) is 18.2 Å². The lowest BCUT2D eigenvalue weighted by molar-refractivity contribution is 0.0423. The van der Waals surface area contributed by atoms with Crippen molar-refractivity contribution in [2.75, 3.05) is 20.7 Å². The van der Waals surface area contributed by atoms with Crippen molar-refractivity contribution in [2.24, 2.45) is 0 Å². The molecule has 0 saturated heterocycles. The number of benzene rings is 1. The molecule has 4 heteroatoms. The van der Waals surface area contributed by atoms with Crippen molar-refractivity contribution in [3.05, 3.63) is 35.4 Å². The number of methoxy groups -OCH3 is 1. The van der Waals surface area contributed by atoms with Gasteiger partial charge in [-0.15, -0.1) is 0 Å². The highest BCUT2D eigenvalue weighted by atomic mass is 16.5. The smallest absolute Gasteiger partial charge is 0.338 e. The van der Waals surface area contributed by atoms with Crippen LogP contribution in [0.25, 0.3) is 0 Å². The van der Waals surface area contributed by atoms with E-state index in [0.29, 0.717) is 18.7 Å². The number of ether oxygens (including phenoxy) is 1. The quantitative estimate of drug-likeness (QED) is 0.809. The summed E-state index contributed by atoms with van der Waals surface area (Å²) in [4.78, 5) is 13.6. The average Bonchev–Trinajstić information content (AvgIpc) is 2.26. The Bertz CT molecular complexity index is 410. The van der Waals surface area contributed by atoms with Gasteiger partial charge < -0.3 is 9.84 Å². The lowest BCUT2D eigenvalue weighted by Gasteiger charge is -2.25. The second kappa shape index (κ2) is 5.98. The molecule has 0 fully saturated rings. The molecule has 1 aromatic carbocycles. The van der Waals surface area contributed by atoms with Crippen LogP contribution < -0.4 is 0 Å². The molecule has 0 radical (unpaired) electrons. The van der Waals surface area contributed by atoms with E-state index in [4.69, 9.17) is 4.74 Å². The van der Waals surface area contributed by atoms with Crippen LogP contribution >= 0.6 is 0 Å². The van der Waals surface area contributed by atoms with E-state index in [-0.39, 0.29) is 5.97 Å². The number of aliphatic hydroxyl groups is 1. The van der Waals surface area contributed by atoms with Gasteiger partial charge in [0.05, 0.1) is 18.3 Å². The Morgan fingerprint density at radius 1 is 1.39 bits per heavy atom. The molecule has 0 unspecified atom stereocenters. The van der Waals surface area contributed by atoms with E-state index in [9.17, 15) is 9.90 Å². The van der Waals surface area contributed by atoms with Gasteiger partial charge in [0.25, 0.3) is 0 Å². The maximum Gasteiger partial charge on any atom is 0.338 e. The third kappa shape index (κ3) is 4.47. The van der Waals surface area contributed by atoms with Gasteiger partial charge in [0, 0.05) is 13.1 Å². The Morgan fingerprint density at radius 2 is 2.00 bits per heavy atom. The van der Waals surface area contributed by atoms with Gasteiger partial charge in [0.15, 0.2) is 0 Å². The minimum absolute atomic E-state index is 0.331. The van der Waals surface area contributed by atoms with Gasteiger partial charge in [-0.3, -0.25) is 4.90 Å². The van der Waals surface area contributed by atoms with E-state index in [0.717, 1.165) is 5.56 Å². The number of rotatable bonds is 5. The summed E-state index contributed by atoms with van der Waals surface area (Å²) in [5.41, 5.74) is 0.716. The molecule has 0 aliphatic carbocycles. The molecule has 0 aliphatic rings.